The van der Waals surface area contributed by atoms with Gasteiger partial charge in [-0.05, 0) is 44.2 Å². The highest BCUT2D eigenvalue weighted by molar-refractivity contribution is 5.97. The van der Waals surface area contributed by atoms with E-state index in [-0.39, 0.29) is 24.7 Å². The van der Waals surface area contributed by atoms with Gasteiger partial charge < -0.3 is 15.2 Å². The minimum Gasteiger partial charge on any atom is -0.490 e. The standard InChI is InChI=1S/C16H23NO3/c1-2-12(10-11-18)17-16(19)14-8-3-4-9-15(14)20-13-6-5-7-13/h3-4,8-9,12-13,18H,2,5-7,10-11H2,1H3,(H,17,19). The zero-order chi connectivity index (χ0) is 14.4. The monoisotopic (exact) mass is 277 g/mol. The molecule has 1 aromatic carbocycles. The fraction of sp³-hybridized carbons (Fsp3) is 0.562. The van der Waals surface area contributed by atoms with Gasteiger partial charge in [0.25, 0.3) is 5.91 Å². The maximum absolute atomic E-state index is 12.3. The number of ether oxygens (including phenoxy) is 1. The zero-order valence-electron chi connectivity index (χ0n) is 12.0. The summed E-state index contributed by atoms with van der Waals surface area (Å²) in [5, 5.41) is 11.9. The Labute approximate surface area is 120 Å². The third-order valence-corrected chi connectivity index (χ3v) is 3.78. The van der Waals surface area contributed by atoms with E-state index in [2.05, 4.69) is 5.32 Å². The van der Waals surface area contributed by atoms with Gasteiger partial charge in [0.05, 0.1) is 11.7 Å². The van der Waals surface area contributed by atoms with Crippen LogP contribution in [0.2, 0.25) is 0 Å². The number of carbonyl (C=O) groups is 1. The molecule has 0 radical (unpaired) electrons. The first-order chi connectivity index (χ1) is 9.74. The maximum atomic E-state index is 12.3. The number of para-hydroxylation sites is 1. The lowest BCUT2D eigenvalue weighted by Gasteiger charge is -2.27. The van der Waals surface area contributed by atoms with Crippen LogP contribution in [0, 0.1) is 0 Å². The van der Waals surface area contributed by atoms with Crippen molar-refractivity contribution in [3.63, 3.8) is 0 Å². The number of benzene rings is 1. The highest BCUT2D eigenvalue weighted by Crippen LogP contribution is 2.27. The summed E-state index contributed by atoms with van der Waals surface area (Å²) in [6.45, 7) is 2.08. The average Bonchev–Trinajstić information content (AvgIpc) is 2.42. The Bertz CT molecular complexity index is 443. The van der Waals surface area contributed by atoms with Gasteiger partial charge in [-0.15, -0.1) is 0 Å². The molecule has 1 unspecified atom stereocenters. The van der Waals surface area contributed by atoms with Crippen LogP contribution in [0.4, 0.5) is 0 Å². The molecule has 0 aromatic heterocycles. The van der Waals surface area contributed by atoms with Crippen molar-refractivity contribution in [2.45, 2.75) is 51.2 Å². The molecule has 1 aliphatic carbocycles. The van der Waals surface area contributed by atoms with Crippen LogP contribution in [0.1, 0.15) is 49.4 Å². The highest BCUT2D eigenvalue weighted by Gasteiger charge is 2.22. The highest BCUT2D eigenvalue weighted by atomic mass is 16.5. The van der Waals surface area contributed by atoms with Crippen LogP contribution >= 0.6 is 0 Å². The van der Waals surface area contributed by atoms with Crippen LogP contribution < -0.4 is 10.1 Å². The smallest absolute Gasteiger partial charge is 0.255 e. The van der Waals surface area contributed by atoms with E-state index in [9.17, 15) is 4.79 Å². The Kier molecular flexibility index (Phi) is 5.41. The number of hydrogen-bond acceptors (Lipinski definition) is 3. The molecule has 4 heteroatoms. The van der Waals surface area contributed by atoms with Crippen molar-refractivity contribution in [3.05, 3.63) is 29.8 Å². The molecule has 1 amide bonds. The Balaban J connectivity index is 2.04. The van der Waals surface area contributed by atoms with E-state index in [1.165, 1.54) is 6.42 Å². The van der Waals surface area contributed by atoms with Gasteiger partial charge in [0.2, 0.25) is 0 Å². The zero-order valence-corrected chi connectivity index (χ0v) is 12.0. The van der Waals surface area contributed by atoms with Crippen molar-refractivity contribution < 1.29 is 14.6 Å². The van der Waals surface area contributed by atoms with Crippen molar-refractivity contribution in [1.29, 1.82) is 0 Å². The first kappa shape index (κ1) is 14.9. The Hall–Kier alpha value is -1.55. The number of carbonyl (C=O) groups excluding carboxylic acids is 1. The van der Waals surface area contributed by atoms with Crippen LogP contribution in [0.3, 0.4) is 0 Å². The van der Waals surface area contributed by atoms with Crippen molar-refractivity contribution in [2.75, 3.05) is 6.61 Å². The number of nitrogens with one attached hydrogen (secondary N) is 1. The first-order valence-electron chi connectivity index (χ1n) is 7.42. The van der Waals surface area contributed by atoms with E-state index in [1.807, 2.05) is 25.1 Å². The maximum Gasteiger partial charge on any atom is 0.255 e. The Morgan fingerprint density at radius 1 is 1.45 bits per heavy atom. The molecule has 2 N–H and O–H groups in total. The van der Waals surface area contributed by atoms with Gasteiger partial charge in [-0.25, -0.2) is 0 Å². The van der Waals surface area contributed by atoms with E-state index in [4.69, 9.17) is 9.84 Å². The number of aliphatic hydroxyl groups is 1. The van der Waals surface area contributed by atoms with Crippen LogP contribution in [-0.2, 0) is 0 Å². The van der Waals surface area contributed by atoms with Gasteiger partial charge in [0, 0.05) is 12.6 Å². The van der Waals surface area contributed by atoms with E-state index in [0.29, 0.717) is 17.7 Å². The second-order valence-electron chi connectivity index (χ2n) is 5.26. The molecule has 110 valence electrons. The quantitative estimate of drug-likeness (QED) is 0.805. The van der Waals surface area contributed by atoms with E-state index in [0.717, 1.165) is 19.3 Å². The summed E-state index contributed by atoms with van der Waals surface area (Å²) in [7, 11) is 0. The molecule has 1 saturated carbocycles. The summed E-state index contributed by atoms with van der Waals surface area (Å²) in [4.78, 5) is 12.3. The lowest BCUT2D eigenvalue weighted by molar-refractivity contribution is 0.0905. The minimum absolute atomic E-state index is 0.00394. The molecular weight excluding hydrogens is 254 g/mol. The largest absolute Gasteiger partial charge is 0.490 e. The summed E-state index contributed by atoms with van der Waals surface area (Å²) in [6.07, 6.45) is 4.97. The fourth-order valence-electron chi connectivity index (χ4n) is 2.22. The molecule has 0 saturated heterocycles. The molecule has 0 spiro atoms. The van der Waals surface area contributed by atoms with Crippen LogP contribution in [0.15, 0.2) is 24.3 Å². The van der Waals surface area contributed by atoms with Gasteiger partial charge in [-0.2, -0.15) is 0 Å². The Morgan fingerprint density at radius 3 is 2.80 bits per heavy atom. The summed E-state index contributed by atoms with van der Waals surface area (Å²) in [6, 6.07) is 7.37. The van der Waals surface area contributed by atoms with Crippen molar-refractivity contribution in [3.8, 4) is 5.75 Å². The second kappa shape index (κ2) is 7.29. The Morgan fingerprint density at radius 2 is 2.20 bits per heavy atom. The first-order valence-corrected chi connectivity index (χ1v) is 7.42. The number of rotatable bonds is 7. The SMILES string of the molecule is CCC(CCO)NC(=O)c1ccccc1OC1CCC1. The molecule has 0 bridgehead atoms. The second-order valence-corrected chi connectivity index (χ2v) is 5.26. The molecular formula is C16H23NO3. The molecule has 2 rings (SSSR count). The van der Waals surface area contributed by atoms with E-state index >= 15 is 0 Å². The fourth-order valence-corrected chi connectivity index (χ4v) is 2.22. The van der Waals surface area contributed by atoms with Crippen LogP contribution in [0.25, 0.3) is 0 Å². The molecule has 0 heterocycles. The number of amides is 1. The normalized spacial score (nSPS) is 16.3. The average molecular weight is 277 g/mol. The van der Waals surface area contributed by atoms with Gasteiger partial charge in [-0.1, -0.05) is 19.1 Å². The molecule has 1 atom stereocenters. The minimum atomic E-state index is -0.125. The van der Waals surface area contributed by atoms with Gasteiger partial charge >= 0.3 is 0 Å². The van der Waals surface area contributed by atoms with Crippen LogP contribution in [-0.4, -0.2) is 29.8 Å². The third-order valence-electron chi connectivity index (χ3n) is 3.78. The number of aliphatic hydroxyl groups excluding tert-OH is 1. The summed E-state index contributed by atoms with van der Waals surface area (Å²) in [5.41, 5.74) is 0.579. The molecule has 4 nitrogen and oxygen atoms in total. The summed E-state index contributed by atoms with van der Waals surface area (Å²) in [5.74, 6) is 0.536. The summed E-state index contributed by atoms with van der Waals surface area (Å²) < 4.78 is 5.87. The van der Waals surface area contributed by atoms with Crippen molar-refractivity contribution in [2.24, 2.45) is 0 Å². The van der Waals surface area contributed by atoms with Crippen LogP contribution in [0.5, 0.6) is 5.75 Å². The number of hydrogen-bond donors (Lipinski definition) is 2. The molecule has 1 fully saturated rings. The van der Waals surface area contributed by atoms with Crippen molar-refractivity contribution >= 4 is 5.91 Å². The van der Waals surface area contributed by atoms with Crippen molar-refractivity contribution in [1.82, 2.24) is 5.32 Å². The van der Waals surface area contributed by atoms with Gasteiger partial charge in [0.15, 0.2) is 0 Å². The predicted octanol–water partition coefficient (Wildman–Crippen LogP) is 2.51. The molecule has 20 heavy (non-hydrogen) atoms. The van der Waals surface area contributed by atoms with E-state index < -0.39 is 0 Å². The molecule has 1 aliphatic rings. The topological polar surface area (TPSA) is 58.6 Å². The lowest BCUT2D eigenvalue weighted by Crippen LogP contribution is -2.35. The molecule has 0 aliphatic heterocycles. The predicted molar refractivity (Wildman–Crippen MR) is 78.0 cm³/mol. The van der Waals surface area contributed by atoms with Gasteiger partial charge in [-0.3, -0.25) is 4.79 Å². The van der Waals surface area contributed by atoms with Gasteiger partial charge in [0.1, 0.15) is 5.75 Å². The molecule has 1 aromatic rings. The third kappa shape index (κ3) is 3.73. The lowest BCUT2D eigenvalue weighted by atomic mass is 9.96. The summed E-state index contributed by atoms with van der Waals surface area (Å²) >= 11 is 0. The van der Waals surface area contributed by atoms with E-state index in [1.54, 1.807) is 6.07 Å².